The van der Waals surface area contributed by atoms with Crippen molar-refractivity contribution in [1.82, 2.24) is 10.2 Å². The summed E-state index contributed by atoms with van der Waals surface area (Å²) in [6.07, 6.45) is 0. The van der Waals surface area contributed by atoms with Crippen molar-refractivity contribution in [3.63, 3.8) is 0 Å². The molecule has 80 valence electrons. The summed E-state index contributed by atoms with van der Waals surface area (Å²) >= 11 is 0. The Morgan fingerprint density at radius 3 is 2.88 bits per heavy atom. The molecule has 0 amide bonds. The van der Waals surface area contributed by atoms with E-state index < -0.39 is 0 Å². The molecule has 0 atom stereocenters. The Morgan fingerprint density at radius 1 is 1.38 bits per heavy atom. The molecule has 0 spiro atoms. The molecular formula is C11H9N3O2. The van der Waals surface area contributed by atoms with Crippen molar-refractivity contribution in [3.8, 4) is 11.8 Å². The minimum absolute atomic E-state index is 0.166. The highest BCUT2D eigenvalue weighted by Gasteiger charge is 2.05. The summed E-state index contributed by atoms with van der Waals surface area (Å²) in [5, 5.41) is 16.3. The van der Waals surface area contributed by atoms with Crippen molar-refractivity contribution in [2.45, 2.75) is 13.5 Å². The maximum absolute atomic E-state index is 8.84. The Labute approximate surface area is 92.3 Å². The van der Waals surface area contributed by atoms with Gasteiger partial charge in [-0.25, -0.2) is 0 Å². The molecule has 0 aliphatic rings. The fourth-order valence-corrected chi connectivity index (χ4v) is 1.22. The third kappa shape index (κ3) is 2.17. The minimum atomic E-state index is 0.166. The van der Waals surface area contributed by atoms with Crippen LogP contribution in [0.5, 0.6) is 5.75 Å². The largest absolute Gasteiger partial charge is 0.482 e. The van der Waals surface area contributed by atoms with E-state index in [1.165, 1.54) is 0 Å². The van der Waals surface area contributed by atoms with Gasteiger partial charge in [-0.1, -0.05) is 12.1 Å². The number of rotatable bonds is 3. The smallest absolute Gasteiger partial charge is 0.253 e. The van der Waals surface area contributed by atoms with Gasteiger partial charge >= 0.3 is 0 Å². The highest BCUT2D eigenvalue weighted by molar-refractivity contribution is 5.42. The summed E-state index contributed by atoms with van der Waals surface area (Å²) in [6, 6.07) is 9.04. The van der Waals surface area contributed by atoms with E-state index >= 15 is 0 Å². The molecule has 2 rings (SSSR count). The van der Waals surface area contributed by atoms with Gasteiger partial charge < -0.3 is 9.15 Å². The Morgan fingerprint density at radius 2 is 2.19 bits per heavy atom. The number of benzene rings is 1. The fraction of sp³-hybridized carbons (Fsp3) is 0.182. The normalized spacial score (nSPS) is 9.75. The van der Waals surface area contributed by atoms with Gasteiger partial charge in [0, 0.05) is 6.92 Å². The zero-order chi connectivity index (χ0) is 11.4. The maximum Gasteiger partial charge on any atom is 0.253 e. The summed E-state index contributed by atoms with van der Waals surface area (Å²) in [7, 11) is 0. The molecule has 0 N–H and O–H groups in total. The number of hydrogen-bond acceptors (Lipinski definition) is 5. The van der Waals surface area contributed by atoms with E-state index in [-0.39, 0.29) is 6.61 Å². The van der Waals surface area contributed by atoms with Crippen molar-refractivity contribution in [2.75, 3.05) is 0 Å². The molecule has 0 saturated carbocycles. The molecule has 5 nitrogen and oxygen atoms in total. The van der Waals surface area contributed by atoms with Crippen LogP contribution in [0.3, 0.4) is 0 Å². The van der Waals surface area contributed by atoms with Crippen molar-refractivity contribution in [3.05, 3.63) is 41.6 Å². The fourth-order valence-electron chi connectivity index (χ4n) is 1.22. The Kier molecular flexibility index (Phi) is 2.83. The molecule has 1 aromatic heterocycles. The Balaban J connectivity index is 2.08. The number of hydrogen-bond donors (Lipinski definition) is 0. The number of nitrogens with zero attached hydrogens (tertiary/aromatic N) is 3. The van der Waals surface area contributed by atoms with Crippen LogP contribution in [-0.2, 0) is 6.61 Å². The lowest BCUT2D eigenvalue weighted by Crippen LogP contribution is -1.97. The topological polar surface area (TPSA) is 71.9 Å². The SMILES string of the molecule is Cc1nnc(COc2ccccc2C#N)o1. The number of para-hydroxylation sites is 1. The molecule has 0 radical (unpaired) electrons. The van der Waals surface area contributed by atoms with E-state index in [0.717, 1.165) is 0 Å². The number of aromatic nitrogens is 2. The van der Waals surface area contributed by atoms with Gasteiger partial charge in [-0.2, -0.15) is 5.26 Å². The summed E-state index contributed by atoms with van der Waals surface area (Å²) in [6.45, 7) is 1.87. The molecular weight excluding hydrogens is 206 g/mol. The van der Waals surface area contributed by atoms with Crippen LogP contribution in [0, 0.1) is 18.3 Å². The lowest BCUT2D eigenvalue weighted by atomic mass is 10.2. The summed E-state index contributed by atoms with van der Waals surface area (Å²) in [5.74, 6) is 1.40. The molecule has 0 aliphatic heterocycles. The zero-order valence-electron chi connectivity index (χ0n) is 8.67. The third-order valence-corrected chi connectivity index (χ3v) is 1.93. The van der Waals surface area contributed by atoms with Crippen LogP contribution in [0.1, 0.15) is 17.3 Å². The van der Waals surface area contributed by atoms with Gasteiger partial charge in [0.1, 0.15) is 11.8 Å². The van der Waals surface area contributed by atoms with E-state index in [0.29, 0.717) is 23.1 Å². The average Bonchev–Trinajstić information content (AvgIpc) is 2.73. The molecule has 1 heterocycles. The van der Waals surface area contributed by atoms with Gasteiger partial charge in [-0.05, 0) is 12.1 Å². The second kappa shape index (κ2) is 4.45. The second-order valence-electron chi connectivity index (χ2n) is 3.11. The quantitative estimate of drug-likeness (QED) is 0.780. The second-order valence-corrected chi connectivity index (χ2v) is 3.11. The monoisotopic (exact) mass is 215 g/mol. The molecule has 5 heteroatoms. The highest BCUT2D eigenvalue weighted by Crippen LogP contribution is 2.17. The summed E-state index contributed by atoms with van der Waals surface area (Å²) < 4.78 is 10.6. The van der Waals surface area contributed by atoms with Crippen LogP contribution in [0.2, 0.25) is 0 Å². The van der Waals surface area contributed by atoms with Crippen molar-refractivity contribution in [2.24, 2.45) is 0 Å². The van der Waals surface area contributed by atoms with Gasteiger partial charge in [0.2, 0.25) is 5.89 Å². The van der Waals surface area contributed by atoms with Crippen molar-refractivity contribution < 1.29 is 9.15 Å². The number of nitriles is 1. The first-order valence-electron chi connectivity index (χ1n) is 4.70. The first kappa shape index (κ1) is 10.2. The number of aryl methyl sites for hydroxylation is 1. The van der Waals surface area contributed by atoms with Crippen LogP contribution < -0.4 is 4.74 Å². The van der Waals surface area contributed by atoms with Crippen LogP contribution in [0.4, 0.5) is 0 Å². The first-order valence-corrected chi connectivity index (χ1v) is 4.70. The Bertz CT molecular complexity index is 528. The summed E-state index contributed by atoms with van der Waals surface area (Å²) in [5.41, 5.74) is 0.485. The molecule has 0 aliphatic carbocycles. The van der Waals surface area contributed by atoms with Gasteiger partial charge in [0.15, 0.2) is 6.61 Å². The minimum Gasteiger partial charge on any atom is -0.482 e. The van der Waals surface area contributed by atoms with Crippen LogP contribution >= 0.6 is 0 Å². The van der Waals surface area contributed by atoms with Gasteiger partial charge in [0.05, 0.1) is 5.56 Å². The molecule has 0 fully saturated rings. The Hall–Kier alpha value is -2.35. The lowest BCUT2D eigenvalue weighted by molar-refractivity contribution is 0.260. The molecule has 0 saturated heterocycles. The van der Waals surface area contributed by atoms with Crippen LogP contribution in [0.25, 0.3) is 0 Å². The summed E-state index contributed by atoms with van der Waals surface area (Å²) in [4.78, 5) is 0. The highest BCUT2D eigenvalue weighted by atomic mass is 16.5. The lowest BCUT2D eigenvalue weighted by Gasteiger charge is -2.04. The zero-order valence-corrected chi connectivity index (χ0v) is 8.67. The predicted octanol–water partition coefficient (Wildman–Crippen LogP) is 1.83. The van der Waals surface area contributed by atoms with Crippen LogP contribution in [-0.4, -0.2) is 10.2 Å². The van der Waals surface area contributed by atoms with Crippen molar-refractivity contribution >= 4 is 0 Å². The van der Waals surface area contributed by atoms with Crippen molar-refractivity contribution in [1.29, 1.82) is 5.26 Å². The van der Waals surface area contributed by atoms with E-state index in [4.69, 9.17) is 14.4 Å². The van der Waals surface area contributed by atoms with Crippen LogP contribution in [0.15, 0.2) is 28.7 Å². The molecule has 2 aromatic rings. The molecule has 0 bridgehead atoms. The molecule has 16 heavy (non-hydrogen) atoms. The van der Waals surface area contributed by atoms with E-state index in [1.54, 1.807) is 31.2 Å². The molecule has 0 unspecified atom stereocenters. The van der Waals surface area contributed by atoms with E-state index in [9.17, 15) is 0 Å². The van der Waals surface area contributed by atoms with Gasteiger partial charge in [-0.15, -0.1) is 10.2 Å². The van der Waals surface area contributed by atoms with E-state index in [2.05, 4.69) is 10.2 Å². The average molecular weight is 215 g/mol. The van der Waals surface area contributed by atoms with E-state index in [1.807, 2.05) is 6.07 Å². The molecule has 1 aromatic carbocycles. The van der Waals surface area contributed by atoms with Gasteiger partial charge in [0.25, 0.3) is 5.89 Å². The van der Waals surface area contributed by atoms with Gasteiger partial charge in [-0.3, -0.25) is 0 Å². The third-order valence-electron chi connectivity index (χ3n) is 1.93. The standard InChI is InChI=1S/C11H9N3O2/c1-8-13-14-11(16-8)7-15-10-5-3-2-4-9(10)6-12/h2-5H,7H2,1H3. The number of ether oxygens (including phenoxy) is 1. The first-order chi connectivity index (χ1) is 7.79. The predicted molar refractivity (Wildman–Crippen MR) is 54.5 cm³/mol. The maximum atomic E-state index is 8.84.